The lowest BCUT2D eigenvalue weighted by atomic mass is 10.1. The summed E-state index contributed by atoms with van der Waals surface area (Å²) < 4.78 is 0. The topological polar surface area (TPSA) is 77.9 Å². The molecule has 1 aromatic carbocycles. The summed E-state index contributed by atoms with van der Waals surface area (Å²) >= 11 is 0. The monoisotopic (exact) mass is 202 g/mol. The average molecular weight is 202 g/mol. The molecule has 0 fully saturated rings. The first kappa shape index (κ1) is 9.55. The number of benzene rings is 1. The SMILES string of the molecule is [N-]=[N+]=N[C@@H]1CCc2ccccc2NC1=O. The minimum absolute atomic E-state index is 0.224. The lowest BCUT2D eigenvalue weighted by Crippen LogP contribution is -2.24. The first-order valence-corrected chi connectivity index (χ1v) is 4.74. The maximum absolute atomic E-state index is 11.6. The number of anilines is 1. The molecule has 1 amide bonds. The van der Waals surface area contributed by atoms with Crippen molar-refractivity contribution in [1.29, 1.82) is 0 Å². The molecule has 76 valence electrons. The number of nitrogens with zero attached hydrogens (tertiary/aromatic N) is 3. The average Bonchev–Trinajstić information content (AvgIpc) is 2.40. The molecule has 1 atom stereocenters. The van der Waals surface area contributed by atoms with Crippen LogP contribution in [-0.2, 0) is 11.2 Å². The Hall–Kier alpha value is -2.00. The molecule has 1 N–H and O–H groups in total. The van der Waals surface area contributed by atoms with Crippen molar-refractivity contribution in [2.75, 3.05) is 5.32 Å². The van der Waals surface area contributed by atoms with E-state index in [1.165, 1.54) is 0 Å². The number of carbonyl (C=O) groups excluding carboxylic acids is 1. The second-order valence-electron chi connectivity index (χ2n) is 3.41. The summed E-state index contributed by atoms with van der Waals surface area (Å²) in [6.45, 7) is 0. The van der Waals surface area contributed by atoms with Crippen molar-refractivity contribution in [3.63, 3.8) is 0 Å². The smallest absolute Gasteiger partial charge is 0.233 e. The second kappa shape index (κ2) is 4.02. The van der Waals surface area contributed by atoms with E-state index in [-0.39, 0.29) is 5.91 Å². The highest BCUT2D eigenvalue weighted by atomic mass is 16.2. The van der Waals surface area contributed by atoms with Gasteiger partial charge >= 0.3 is 0 Å². The van der Waals surface area contributed by atoms with Crippen molar-refractivity contribution >= 4 is 11.6 Å². The zero-order chi connectivity index (χ0) is 10.7. The van der Waals surface area contributed by atoms with E-state index in [1.54, 1.807) is 0 Å². The zero-order valence-electron chi connectivity index (χ0n) is 8.05. The van der Waals surface area contributed by atoms with Crippen LogP contribution in [0, 0.1) is 0 Å². The molecule has 1 heterocycles. The highest BCUT2D eigenvalue weighted by molar-refractivity contribution is 5.96. The number of azide groups is 1. The van der Waals surface area contributed by atoms with Crippen molar-refractivity contribution in [3.8, 4) is 0 Å². The van der Waals surface area contributed by atoms with Gasteiger partial charge in [0, 0.05) is 10.6 Å². The van der Waals surface area contributed by atoms with Gasteiger partial charge in [0.25, 0.3) is 0 Å². The van der Waals surface area contributed by atoms with Crippen LogP contribution in [0.1, 0.15) is 12.0 Å². The van der Waals surface area contributed by atoms with Crippen molar-refractivity contribution in [3.05, 3.63) is 40.3 Å². The van der Waals surface area contributed by atoms with Gasteiger partial charge in [0.1, 0.15) is 6.04 Å². The Morgan fingerprint density at radius 1 is 1.47 bits per heavy atom. The number of fused-ring (bicyclic) bond motifs is 1. The van der Waals surface area contributed by atoms with Crippen LogP contribution >= 0.6 is 0 Å². The summed E-state index contributed by atoms with van der Waals surface area (Å²) in [4.78, 5) is 14.3. The van der Waals surface area contributed by atoms with Gasteiger partial charge in [-0.15, -0.1) is 0 Å². The number of nitrogens with one attached hydrogen (secondary N) is 1. The van der Waals surface area contributed by atoms with E-state index in [0.29, 0.717) is 6.42 Å². The number of hydrogen-bond donors (Lipinski definition) is 1. The minimum Gasteiger partial charge on any atom is -0.325 e. The molecule has 5 nitrogen and oxygen atoms in total. The van der Waals surface area contributed by atoms with Gasteiger partial charge in [-0.1, -0.05) is 23.3 Å². The van der Waals surface area contributed by atoms with E-state index in [4.69, 9.17) is 5.53 Å². The predicted octanol–water partition coefficient (Wildman–Crippen LogP) is 2.25. The molecule has 0 bridgehead atoms. The Balaban J connectivity index is 2.30. The van der Waals surface area contributed by atoms with Gasteiger partial charge in [0.15, 0.2) is 0 Å². The molecule has 0 aliphatic carbocycles. The van der Waals surface area contributed by atoms with Crippen molar-refractivity contribution in [2.45, 2.75) is 18.9 Å². The van der Waals surface area contributed by atoms with Crippen molar-refractivity contribution < 1.29 is 4.79 Å². The highest BCUT2D eigenvalue weighted by Crippen LogP contribution is 2.22. The number of hydrogen-bond acceptors (Lipinski definition) is 2. The van der Waals surface area contributed by atoms with Crippen LogP contribution in [0.3, 0.4) is 0 Å². The lowest BCUT2D eigenvalue weighted by molar-refractivity contribution is -0.117. The van der Waals surface area contributed by atoms with E-state index in [1.807, 2.05) is 24.3 Å². The molecule has 0 radical (unpaired) electrons. The molecule has 1 aliphatic rings. The van der Waals surface area contributed by atoms with Gasteiger partial charge in [-0.25, -0.2) is 0 Å². The van der Waals surface area contributed by atoms with Gasteiger partial charge in [-0.2, -0.15) is 0 Å². The molecule has 0 saturated carbocycles. The number of rotatable bonds is 1. The molecule has 0 aromatic heterocycles. The fourth-order valence-corrected chi connectivity index (χ4v) is 1.67. The molecular weight excluding hydrogens is 192 g/mol. The lowest BCUT2D eigenvalue weighted by Gasteiger charge is -2.06. The minimum atomic E-state index is -0.595. The van der Waals surface area contributed by atoms with Crippen LogP contribution in [0.5, 0.6) is 0 Å². The normalized spacial score (nSPS) is 19.5. The van der Waals surface area contributed by atoms with E-state index >= 15 is 0 Å². The van der Waals surface area contributed by atoms with Crippen LogP contribution in [0.4, 0.5) is 5.69 Å². The van der Waals surface area contributed by atoms with Gasteiger partial charge < -0.3 is 5.32 Å². The summed E-state index contributed by atoms with van der Waals surface area (Å²) in [5.74, 6) is -0.224. The van der Waals surface area contributed by atoms with Crippen molar-refractivity contribution in [1.82, 2.24) is 0 Å². The third kappa shape index (κ3) is 1.92. The highest BCUT2D eigenvalue weighted by Gasteiger charge is 2.21. The van der Waals surface area contributed by atoms with Crippen LogP contribution in [0.15, 0.2) is 29.4 Å². The van der Waals surface area contributed by atoms with Crippen LogP contribution in [0.25, 0.3) is 10.4 Å². The fourth-order valence-electron chi connectivity index (χ4n) is 1.67. The molecule has 5 heteroatoms. The Labute approximate surface area is 86.7 Å². The van der Waals surface area contributed by atoms with E-state index in [2.05, 4.69) is 15.3 Å². The Kier molecular flexibility index (Phi) is 2.56. The standard InChI is InChI=1S/C10H10N4O/c11-14-13-9-6-5-7-3-1-2-4-8(7)12-10(9)15/h1-4,9H,5-6H2,(H,12,15)/t9-/m1/s1. The van der Waals surface area contributed by atoms with Gasteiger partial charge in [-0.3, -0.25) is 4.79 Å². The number of para-hydroxylation sites is 1. The largest absolute Gasteiger partial charge is 0.325 e. The molecule has 0 saturated heterocycles. The number of carbonyl (C=O) groups is 1. The molecular formula is C10H10N4O. The summed E-state index contributed by atoms with van der Waals surface area (Å²) in [5.41, 5.74) is 10.2. The zero-order valence-corrected chi connectivity index (χ0v) is 8.05. The quantitative estimate of drug-likeness (QED) is 0.423. The first-order chi connectivity index (χ1) is 7.31. The summed E-state index contributed by atoms with van der Waals surface area (Å²) in [6.07, 6.45) is 1.31. The number of aryl methyl sites for hydroxylation is 1. The Bertz CT molecular complexity index is 437. The van der Waals surface area contributed by atoms with Crippen LogP contribution in [-0.4, -0.2) is 11.9 Å². The second-order valence-corrected chi connectivity index (χ2v) is 3.41. The van der Waals surface area contributed by atoms with E-state index in [9.17, 15) is 4.79 Å². The van der Waals surface area contributed by atoms with Crippen LogP contribution < -0.4 is 5.32 Å². The maximum Gasteiger partial charge on any atom is 0.233 e. The Morgan fingerprint density at radius 3 is 3.07 bits per heavy atom. The third-order valence-corrected chi connectivity index (χ3v) is 2.46. The predicted molar refractivity (Wildman–Crippen MR) is 56.3 cm³/mol. The van der Waals surface area contributed by atoms with Gasteiger partial charge in [-0.05, 0) is 30.0 Å². The summed E-state index contributed by atoms with van der Waals surface area (Å²) in [5, 5.41) is 6.23. The maximum atomic E-state index is 11.6. The number of amides is 1. The summed E-state index contributed by atoms with van der Waals surface area (Å²) in [6, 6.07) is 7.02. The molecule has 2 rings (SSSR count). The molecule has 1 aliphatic heterocycles. The molecule has 0 unspecified atom stereocenters. The fraction of sp³-hybridized carbons (Fsp3) is 0.300. The molecule has 15 heavy (non-hydrogen) atoms. The summed E-state index contributed by atoms with van der Waals surface area (Å²) in [7, 11) is 0. The first-order valence-electron chi connectivity index (χ1n) is 4.74. The van der Waals surface area contributed by atoms with Gasteiger partial charge in [0.05, 0.1) is 0 Å². The van der Waals surface area contributed by atoms with Gasteiger partial charge in [0.2, 0.25) is 5.91 Å². The van der Waals surface area contributed by atoms with E-state index < -0.39 is 6.04 Å². The molecule has 0 spiro atoms. The van der Waals surface area contributed by atoms with Crippen molar-refractivity contribution in [2.24, 2.45) is 5.11 Å². The molecule has 1 aromatic rings. The third-order valence-electron chi connectivity index (χ3n) is 2.46. The van der Waals surface area contributed by atoms with Crippen LogP contribution in [0.2, 0.25) is 0 Å². The Morgan fingerprint density at radius 2 is 2.27 bits per heavy atom. The van der Waals surface area contributed by atoms with E-state index in [0.717, 1.165) is 17.7 Å².